The standard InChI is InChI=1S/C12H25N/c1-6-13-8-7-12(9-13,10(2)3)11(4)5/h10-11H,6-9H2,1-5H3. The fourth-order valence-electron chi connectivity index (χ4n) is 2.82. The lowest BCUT2D eigenvalue weighted by Gasteiger charge is -2.37. The Morgan fingerprint density at radius 1 is 1.15 bits per heavy atom. The average Bonchev–Trinajstić information content (AvgIpc) is 2.48. The van der Waals surface area contributed by atoms with Crippen molar-refractivity contribution in [2.45, 2.75) is 41.0 Å². The van der Waals surface area contributed by atoms with Crippen LogP contribution in [0.15, 0.2) is 0 Å². The maximum absolute atomic E-state index is 2.60. The lowest BCUT2D eigenvalue weighted by atomic mass is 9.68. The van der Waals surface area contributed by atoms with Crippen molar-refractivity contribution in [2.75, 3.05) is 19.6 Å². The highest BCUT2D eigenvalue weighted by Gasteiger charge is 2.42. The van der Waals surface area contributed by atoms with Crippen molar-refractivity contribution >= 4 is 0 Å². The van der Waals surface area contributed by atoms with Crippen LogP contribution in [-0.4, -0.2) is 24.5 Å². The SMILES string of the molecule is CCN1CCC(C(C)C)(C(C)C)C1. The second kappa shape index (κ2) is 4.00. The molecule has 13 heavy (non-hydrogen) atoms. The lowest BCUT2D eigenvalue weighted by Crippen LogP contribution is -2.36. The van der Waals surface area contributed by atoms with Gasteiger partial charge in [-0.05, 0) is 36.8 Å². The van der Waals surface area contributed by atoms with E-state index in [0.717, 1.165) is 11.8 Å². The van der Waals surface area contributed by atoms with Crippen LogP contribution in [0.5, 0.6) is 0 Å². The molecule has 1 heteroatoms. The molecule has 1 nitrogen and oxygen atoms in total. The van der Waals surface area contributed by atoms with Gasteiger partial charge in [0.25, 0.3) is 0 Å². The molecule has 1 aliphatic heterocycles. The van der Waals surface area contributed by atoms with E-state index in [1.54, 1.807) is 0 Å². The summed E-state index contributed by atoms with van der Waals surface area (Å²) in [6, 6.07) is 0. The van der Waals surface area contributed by atoms with Gasteiger partial charge in [0.15, 0.2) is 0 Å². The molecule has 1 rings (SSSR count). The fraction of sp³-hybridized carbons (Fsp3) is 1.00. The van der Waals surface area contributed by atoms with Gasteiger partial charge < -0.3 is 4.90 Å². The van der Waals surface area contributed by atoms with Gasteiger partial charge in [-0.2, -0.15) is 0 Å². The highest BCUT2D eigenvalue weighted by Crippen LogP contribution is 2.43. The Balaban J connectivity index is 2.72. The van der Waals surface area contributed by atoms with Crippen molar-refractivity contribution in [1.29, 1.82) is 0 Å². The van der Waals surface area contributed by atoms with E-state index in [2.05, 4.69) is 39.5 Å². The van der Waals surface area contributed by atoms with E-state index in [-0.39, 0.29) is 0 Å². The van der Waals surface area contributed by atoms with Crippen LogP contribution < -0.4 is 0 Å². The fourth-order valence-corrected chi connectivity index (χ4v) is 2.82. The molecule has 0 aromatic rings. The minimum Gasteiger partial charge on any atom is -0.303 e. The predicted octanol–water partition coefficient (Wildman–Crippen LogP) is 3.01. The summed E-state index contributed by atoms with van der Waals surface area (Å²) in [6.07, 6.45) is 1.40. The molecule has 0 N–H and O–H groups in total. The molecule has 1 saturated heterocycles. The highest BCUT2D eigenvalue weighted by atomic mass is 15.2. The Bertz CT molecular complexity index is 153. The van der Waals surface area contributed by atoms with Crippen LogP contribution in [0, 0.1) is 17.3 Å². The number of nitrogens with zero attached hydrogens (tertiary/aromatic N) is 1. The van der Waals surface area contributed by atoms with E-state index in [1.807, 2.05) is 0 Å². The summed E-state index contributed by atoms with van der Waals surface area (Å²) in [7, 11) is 0. The zero-order chi connectivity index (χ0) is 10.1. The minimum atomic E-state index is 0.593. The van der Waals surface area contributed by atoms with Crippen molar-refractivity contribution in [1.82, 2.24) is 4.90 Å². The first-order chi connectivity index (χ1) is 6.03. The number of hydrogen-bond donors (Lipinski definition) is 0. The molecule has 0 saturated carbocycles. The van der Waals surface area contributed by atoms with Gasteiger partial charge >= 0.3 is 0 Å². The molecule has 1 heterocycles. The third-order valence-corrected chi connectivity index (χ3v) is 4.16. The maximum atomic E-state index is 2.60. The Hall–Kier alpha value is -0.0400. The maximum Gasteiger partial charge on any atom is 0.00432 e. The summed E-state index contributed by atoms with van der Waals surface area (Å²) in [5, 5.41) is 0. The minimum absolute atomic E-state index is 0.593. The largest absolute Gasteiger partial charge is 0.303 e. The van der Waals surface area contributed by atoms with E-state index in [4.69, 9.17) is 0 Å². The topological polar surface area (TPSA) is 3.24 Å². The van der Waals surface area contributed by atoms with Crippen LogP contribution in [0.2, 0.25) is 0 Å². The molecular formula is C12H25N. The third kappa shape index (κ3) is 1.90. The lowest BCUT2D eigenvalue weighted by molar-refractivity contribution is 0.119. The summed E-state index contributed by atoms with van der Waals surface area (Å²) in [4.78, 5) is 2.60. The third-order valence-electron chi connectivity index (χ3n) is 4.16. The molecule has 0 unspecified atom stereocenters. The van der Waals surface area contributed by atoms with E-state index >= 15 is 0 Å². The van der Waals surface area contributed by atoms with Gasteiger partial charge in [-0.1, -0.05) is 34.6 Å². The normalized spacial score (nSPS) is 23.3. The second-order valence-corrected chi connectivity index (χ2v) is 5.16. The van der Waals surface area contributed by atoms with Crippen LogP contribution in [0.3, 0.4) is 0 Å². The smallest absolute Gasteiger partial charge is 0.00432 e. The van der Waals surface area contributed by atoms with E-state index in [0.29, 0.717) is 5.41 Å². The molecule has 0 radical (unpaired) electrons. The van der Waals surface area contributed by atoms with Crippen molar-refractivity contribution < 1.29 is 0 Å². The summed E-state index contributed by atoms with van der Waals surface area (Å²) < 4.78 is 0. The van der Waals surface area contributed by atoms with Crippen molar-refractivity contribution in [3.05, 3.63) is 0 Å². The molecule has 0 atom stereocenters. The molecule has 1 aliphatic rings. The molecule has 0 aromatic carbocycles. The van der Waals surface area contributed by atoms with Gasteiger partial charge in [-0.3, -0.25) is 0 Å². The first-order valence-electron chi connectivity index (χ1n) is 5.75. The van der Waals surface area contributed by atoms with Gasteiger partial charge in [0, 0.05) is 6.54 Å². The first-order valence-corrected chi connectivity index (χ1v) is 5.75. The summed E-state index contributed by atoms with van der Waals surface area (Å²) in [5.74, 6) is 1.65. The van der Waals surface area contributed by atoms with Gasteiger partial charge in [0.1, 0.15) is 0 Å². The van der Waals surface area contributed by atoms with E-state index in [1.165, 1.54) is 26.1 Å². The first kappa shape index (κ1) is 11.0. The summed E-state index contributed by atoms with van der Waals surface area (Å²) in [5.41, 5.74) is 0.593. The van der Waals surface area contributed by atoms with Gasteiger partial charge in [0.2, 0.25) is 0 Å². The molecule has 78 valence electrons. The van der Waals surface area contributed by atoms with E-state index < -0.39 is 0 Å². The van der Waals surface area contributed by atoms with Gasteiger partial charge in [0.05, 0.1) is 0 Å². The number of hydrogen-bond acceptors (Lipinski definition) is 1. The zero-order valence-corrected chi connectivity index (χ0v) is 9.93. The van der Waals surface area contributed by atoms with E-state index in [9.17, 15) is 0 Å². The molecule has 1 fully saturated rings. The van der Waals surface area contributed by atoms with Crippen molar-refractivity contribution in [2.24, 2.45) is 17.3 Å². The monoisotopic (exact) mass is 183 g/mol. The molecule has 0 aromatic heterocycles. The Morgan fingerprint density at radius 2 is 1.69 bits per heavy atom. The Labute approximate surface area is 83.5 Å². The van der Waals surface area contributed by atoms with Crippen LogP contribution in [-0.2, 0) is 0 Å². The second-order valence-electron chi connectivity index (χ2n) is 5.16. The van der Waals surface area contributed by atoms with Crippen molar-refractivity contribution in [3.8, 4) is 0 Å². The van der Waals surface area contributed by atoms with Crippen LogP contribution in [0.4, 0.5) is 0 Å². The highest BCUT2D eigenvalue weighted by molar-refractivity contribution is 4.93. The molecule has 0 spiro atoms. The van der Waals surface area contributed by atoms with Crippen LogP contribution in [0.1, 0.15) is 41.0 Å². The average molecular weight is 183 g/mol. The number of rotatable bonds is 3. The van der Waals surface area contributed by atoms with Gasteiger partial charge in [-0.25, -0.2) is 0 Å². The number of likely N-dealkylation sites (tertiary alicyclic amines) is 1. The quantitative estimate of drug-likeness (QED) is 0.650. The Morgan fingerprint density at radius 3 is 1.92 bits per heavy atom. The van der Waals surface area contributed by atoms with Crippen LogP contribution >= 0.6 is 0 Å². The van der Waals surface area contributed by atoms with Gasteiger partial charge in [-0.15, -0.1) is 0 Å². The molecular weight excluding hydrogens is 158 g/mol. The molecule has 0 aliphatic carbocycles. The summed E-state index contributed by atoms with van der Waals surface area (Å²) >= 11 is 0. The molecule has 0 bridgehead atoms. The van der Waals surface area contributed by atoms with Crippen LogP contribution in [0.25, 0.3) is 0 Å². The Kier molecular flexibility index (Phi) is 3.39. The predicted molar refractivity (Wildman–Crippen MR) is 58.8 cm³/mol. The summed E-state index contributed by atoms with van der Waals surface area (Å²) in [6.45, 7) is 15.7. The zero-order valence-electron chi connectivity index (χ0n) is 9.93. The van der Waals surface area contributed by atoms with Crippen molar-refractivity contribution in [3.63, 3.8) is 0 Å². The molecule has 0 amide bonds.